The topological polar surface area (TPSA) is 83.6 Å². The summed E-state index contributed by atoms with van der Waals surface area (Å²) < 4.78 is 14.1. The summed E-state index contributed by atoms with van der Waals surface area (Å²) >= 11 is 2.36. The molecule has 2 aromatic carbocycles. The number of amides is 1. The molecular weight excluding hydrogens is 507 g/mol. The molecule has 162 valence electrons. The van der Waals surface area contributed by atoms with Crippen molar-refractivity contribution in [2.24, 2.45) is 5.73 Å². The van der Waals surface area contributed by atoms with Crippen LogP contribution >= 0.6 is 22.6 Å². The average molecular weight is 532 g/mol. The van der Waals surface area contributed by atoms with Crippen LogP contribution in [0.5, 0.6) is 5.75 Å². The minimum atomic E-state index is -0.451. The van der Waals surface area contributed by atoms with Gasteiger partial charge in [0.2, 0.25) is 5.91 Å². The highest BCUT2D eigenvalue weighted by atomic mass is 127. The van der Waals surface area contributed by atoms with E-state index < -0.39 is 5.97 Å². The summed E-state index contributed by atoms with van der Waals surface area (Å²) in [6.07, 6.45) is 3.53. The molecule has 1 unspecified atom stereocenters. The van der Waals surface area contributed by atoms with Crippen molar-refractivity contribution in [3.8, 4) is 5.75 Å². The van der Waals surface area contributed by atoms with Gasteiger partial charge in [-0.1, -0.05) is 30.7 Å². The Kier molecular flexibility index (Phi) is 6.50. The lowest BCUT2D eigenvalue weighted by atomic mass is 9.92. The van der Waals surface area contributed by atoms with Crippen LogP contribution in [-0.2, 0) is 27.3 Å². The summed E-state index contributed by atoms with van der Waals surface area (Å²) in [5.41, 5.74) is 10.1. The van der Waals surface area contributed by atoms with Crippen molar-refractivity contribution >= 4 is 45.4 Å². The number of rotatable bonds is 6. The summed E-state index contributed by atoms with van der Waals surface area (Å²) in [5.74, 6) is -0.570. The van der Waals surface area contributed by atoms with E-state index in [1.165, 1.54) is 16.2 Å². The van der Waals surface area contributed by atoms with Crippen molar-refractivity contribution in [3.63, 3.8) is 0 Å². The monoisotopic (exact) mass is 532 g/mol. The zero-order chi connectivity index (χ0) is 22.0. The predicted octanol–water partition coefficient (Wildman–Crippen LogP) is 4.14. The van der Waals surface area contributed by atoms with Gasteiger partial charge in [0.05, 0.1) is 18.5 Å². The van der Waals surface area contributed by atoms with Crippen LogP contribution < -0.4 is 10.5 Å². The number of primary amides is 1. The molecule has 1 aliphatic rings. The molecule has 1 heterocycles. The van der Waals surface area contributed by atoms with Gasteiger partial charge in [-0.05, 0) is 71.2 Å². The van der Waals surface area contributed by atoms with Crippen molar-refractivity contribution in [2.45, 2.75) is 38.1 Å². The molecule has 1 aromatic heterocycles. The number of halogens is 1. The molecule has 1 amide bonds. The van der Waals surface area contributed by atoms with E-state index in [0.717, 1.165) is 47.8 Å². The number of hydrogen-bond acceptors (Lipinski definition) is 4. The minimum absolute atomic E-state index is 0.187. The van der Waals surface area contributed by atoms with Crippen LogP contribution in [0.25, 0.3) is 10.9 Å². The van der Waals surface area contributed by atoms with E-state index in [4.69, 9.17) is 15.2 Å². The first kappa shape index (κ1) is 21.7. The van der Waals surface area contributed by atoms with Crippen molar-refractivity contribution in [1.82, 2.24) is 4.57 Å². The number of carbonyl (C=O) groups is 2. The second-order valence-electron chi connectivity index (χ2n) is 7.75. The highest BCUT2D eigenvalue weighted by molar-refractivity contribution is 14.1. The first-order valence-corrected chi connectivity index (χ1v) is 11.5. The van der Waals surface area contributed by atoms with Gasteiger partial charge < -0.3 is 19.8 Å². The normalized spacial score (nSPS) is 15.9. The molecule has 7 heteroatoms. The van der Waals surface area contributed by atoms with Gasteiger partial charge >= 0.3 is 5.97 Å². The lowest BCUT2D eigenvalue weighted by Crippen LogP contribution is -2.22. The predicted molar refractivity (Wildman–Crippen MR) is 127 cm³/mol. The zero-order valence-electron chi connectivity index (χ0n) is 17.4. The second-order valence-corrected chi connectivity index (χ2v) is 8.92. The molecule has 0 aliphatic heterocycles. The fourth-order valence-corrected chi connectivity index (χ4v) is 5.02. The van der Waals surface area contributed by atoms with E-state index in [9.17, 15) is 9.59 Å². The van der Waals surface area contributed by atoms with E-state index in [0.29, 0.717) is 12.3 Å². The fraction of sp³-hybridized carbons (Fsp3) is 0.333. The van der Waals surface area contributed by atoms with E-state index in [-0.39, 0.29) is 18.4 Å². The Bertz CT molecular complexity index is 1140. The molecule has 1 aliphatic carbocycles. The molecule has 2 N–H and O–H groups in total. The maximum Gasteiger partial charge on any atom is 0.343 e. The largest absolute Gasteiger partial charge is 0.481 e. The van der Waals surface area contributed by atoms with Crippen molar-refractivity contribution in [1.29, 1.82) is 0 Å². The second kappa shape index (κ2) is 9.30. The quantitative estimate of drug-likeness (QED) is 0.294. The van der Waals surface area contributed by atoms with Crippen molar-refractivity contribution in [3.05, 3.63) is 62.9 Å². The Hall–Kier alpha value is -2.55. The summed E-state index contributed by atoms with van der Waals surface area (Å²) in [4.78, 5) is 24.1. The maximum atomic E-state index is 12.5. The molecular formula is C24H25IN2O4. The molecule has 0 saturated carbocycles. The zero-order valence-corrected chi connectivity index (χ0v) is 19.6. The Morgan fingerprint density at radius 3 is 2.71 bits per heavy atom. The molecule has 31 heavy (non-hydrogen) atoms. The minimum Gasteiger partial charge on any atom is -0.481 e. The molecule has 6 nitrogen and oxygen atoms in total. The van der Waals surface area contributed by atoms with Gasteiger partial charge in [-0.25, -0.2) is 4.79 Å². The maximum absolute atomic E-state index is 12.5. The van der Waals surface area contributed by atoms with Gasteiger partial charge in [-0.2, -0.15) is 0 Å². The molecule has 0 radical (unpaired) electrons. The van der Waals surface area contributed by atoms with E-state index in [1.807, 2.05) is 30.3 Å². The molecule has 1 atom stereocenters. The third kappa shape index (κ3) is 4.28. The number of nitrogens with two attached hydrogens (primary N) is 1. The van der Waals surface area contributed by atoms with Crippen LogP contribution in [0, 0.1) is 3.57 Å². The number of carbonyl (C=O) groups excluding carboxylic acids is 2. The van der Waals surface area contributed by atoms with Crippen LogP contribution in [0.15, 0.2) is 42.5 Å². The van der Waals surface area contributed by atoms with E-state index >= 15 is 0 Å². The van der Waals surface area contributed by atoms with Crippen molar-refractivity contribution < 1.29 is 19.1 Å². The van der Waals surface area contributed by atoms with Gasteiger partial charge in [-0.15, -0.1) is 0 Å². The van der Waals surface area contributed by atoms with Crippen LogP contribution in [0.2, 0.25) is 0 Å². The lowest BCUT2D eigenvalue weighted by Gasteiger charge is -2.14. The van der Waals surface area contributed by atoms with E-state index in [1.54, 1.807) is 0 Å². The molecule has 3 aromatic rings. The lowest BCUT2D eigenvalue weighted by molar-refractivity contribution is -0.142. The van der Waals surface area contributed by atoms with Crippen LogP contribution in [0.3, 0.4) is 0 Å². The number of benzene rings is 2. The van der Waals surface area contributed by atoms with Crippen LogP contribution in [0.1, 0.15) is 42.0 Å². The number of aromatic nitrogens is 1. The third-order valence-electron chi connectivity index (χ3n) is 5.91. The third-order valence-corrected chi connectivity index (χ3v) is 6.96. The Labute approximate surface area is 194 Å². The van der Waals surface area contributed by atoms with Gasteiger partial charge in [0.1, 0.15) is 5.75 Å². The number of nitrogens with zero attached hydrogens (tertiary/aromatic N) is 1. The first-order chi connectivity index (χ1) is 15.0. The molecule has 4 rings (SSSR count). The Balaban J connectivity index is 1.93. The summed E-state index contributed by atoms with van der Waals surface area (Å²) in [6, 6.07) is 14.1. The highest BCUT2D eigenvalue weighted by Crippen LogP contribution is 2.42. The van der Waals surface area contributed by atoms with Crippen LogP contribution in [0.4, 0.5) is 0 Å². The SMILES string of the molecule is COC(=O)COc1cccc2c1c1c(n2Cc2ccccc2I)CCCCC1C(N)=O. The van der Waals surface area contributed by atoms with Crippen LogP contribution in [-0.4, -0.2) is 30.2 Å². The van der Waals surface area contributed by atoms with Gasteiger partial charge in [0, 0.05) is 21.2 Å². The number of hydrogen-bond donors (Lipinski definition) is 1. The summed E-state index contributed by atoms with van der Waals surface area (Å²) in [5, 5.41) is 0.873. The first-order valence-electron chi connectivity index (χ1n) is 10.4. The average Bonchev–Trinajstić information content (AvgIpc) is 2.92. The number of fused-ring (bicyclic) bond motifs is 3. The molecule has 0 fully saturated rings. The molecule has 0 bridgehead atoms. The fourth-order valence-electron chi connectivity index (χ4n) is 4.46. The van der Waals surface area contributed by atoms with Gasteiger partial charge in [0.25, 0.3) is 0 Å². The highest BCUT2D eigenvalue weighted by Gasteiger charge is 2.31. The Morgan fingerprint density at radius 1 is 1.16 bits per heavy atom. The van der Waals surface area contributed by atoms with Gasteiger partial charge in [0.15, 0.2) is 6.61 Å². The standard InChI is InChI=1S/C24H25IN2O4/c1-30-21(28)14-31-20-12-6-11-19-23(20)22-16(24(26)29)8-3-5-10-18(22)27(19)13-15-7-2-4-9-17(15)25/h2,4,6-7,9,11-12,16H,3,5,8,10,13-14H2,1H3,(H2,26,29). The van der Waals surface area contributed by atoms with E-state index in [2.05, 4.69) is 39.3 Å². The summed E-state index contributed by atoms with van der Waals surface area (Å²) in [6.45, 7) is 0.504. The number of esters is 1. The molecule has 0 saturated heterocycles. The smallest absolute Gasteiger partial charge is 0.343 e. The van der Waals surface area contributed by atoms with Crippen molar-refractivity contribution in [2.75, 3.05) is 13.7 Å². The number of methoxy groups -OCH3 is 1. The number of ether oxygens (including phenoxy) is 2. The Morgan fingerprint density at radius 2 is 1.97 bits per heavy atom. The summed E-state index contributed by atoms with van der Waals surface area (Å²) in [7, 11) is 1.33. The van der Waals surface area contributed by atoms with Gasteiger partial charge in [-0.3, -0.25) is 4.79 Å². The molecule has 0 spiro atoms.